The van der Waals surface area contributed by atoms with E-state index in [9.17, 15) is 9.90 Å². The molecule has 2 aromatic rings. The van der Waals surface area contributed by atoms with E-state index in [0.29, 0.717) is 11.5 Å². The summed E-state index contributed by atoms with van der Waals surface area (Å²) in [6.07, 6.45) is 7.31. The van der Waals surface area contributed by atoms with Gasteiger partial charge in [0.2, 0.25) is 0 Å². The van der Waals surface area contributed by atoms with Gasteiger partial charge in [-0.05, 0) is 37.5 Å². The summed E-state index contributed by atoms with van der Waals surface area (Å²) in [5, 5.41) is 9.30. The molecule has 0 amide bonds. The van der Waals surface area contributed by atoms with Gasteiger partial charge in [0.1, 0.15) is 5.82 Å². The molecule has 0 unspecified atom stereocenters. The van der Waals surface area contributed by atoms with Crippen LogP contribution in [0.15, 0.2) is 18.2 Å². The first-order valence-corrected chi connectivity index (χ1v) is 10.3. The number of carboxylic acids is 1. The molecule has 0 bridgehead atoms. The number of carboxylic acid groups (broad SMARTS) is 1. The molecule has 1 aromatic heterocycles. The van der Waals surface area contributed by atoms with Crippen LogP contribution in [0.25, 0.3) is 11.0 Å². The van der Waals surface area contributed by atoms with Gasteiger partial charge in [-0.3, -0.25) is 4.90 Å². The fourth-order valence-electron chi connectivity index (χ4n) is 4.47. The van der Waals surface area contributed by atoms with Crippen LogP contribution < -0.4 is 0 Å². The second kappa shape index (κ2) is 8.40. The number of rotatable bonds is 6. The molecule has 2 heterocycles. The predicted molar refractivity (Wildman–Crippen MR) is 104 cm³/mol. The van der Waals surface area contributed by atoms with E-state index in [0.717, 1.165) is 62.7 Å². The molecule has 4 rings (SSSR count). The molecule has 2 aliphatic rings. The average molecular weight is 371 g/mol. The van der Waals surface area contributed by atoms with E-state index in [2.05, 4.69) is 9.47 Å². The molecule has 1 saturated heterocycles. The van der Waals surface area contributed by atoms with Crippen LogP contribution in [0, 0.1) is 0 Å². The number of aromatic nitrogens is 2. The maximum atomic E-state index is 11.3. The van der Waals surface area contributed by atoms with Crippen LogP contribution >= 0.6 is 0 Å². The highest BCUT2D eigenvalue weighted by atomic mass is 16.5. The van der Waals surface area contributed by atoms with Gasteiger partial charge in [-0.1, -0.05) is 19.3 Å². The SMILES string of the molecule is O=C(O)c1ccc2c(c1)nc(C1CCCCC1)n2CCCN1CCOCC1. The lowest BCUT2D eigenvalue weighted by Crippen LogP contribution is -2.37. The van der Waals surface area contributed by atoms with Crippen LogP contribution in [-0.2, 0) is 11.3 Å². The van der Waals surface area contributed by atoms with Crippen molar-refractivity contribution in [3.05, 3.63) is 29.6 Å². The van der Waals surface area contributed by atoms with Gasteiger partial charge in [-0.2, -0.15) is 0 Å². The van der Waals surface area contributed by atoms with Crippen molar-refractivity contribution >= 4 is 17.0 Å². The van der Waals surface area contributed by atoms with Crippen LogP contribution in [0.5, 0.6) is 0 Å². The molecule has 6 nitrogen and oxygen atoms in total. The number of benzene rings is 1. The first-order valence-electron chi connectivity index (χ1n) is 10.3. The number of nitrogens with zero attached hydrogens (tertiary/aromatic N) is 3. The number of imidazole rings is 1. The van der Waals surface area contributed by atoms with Gasteiger partial charge in [0, 0.05) is 32.1 Å². The second-order valence-electron chi connectivity index (χ2n) is 7.77. The molecule has 6 heteroatoms. The number of fused-ring (bicyclic) bond motifs is 1. The zero-order valence-electron chi connectivity index (χ0n) is 15.9. The summed E-state index contributed by atoms with van der Waals surface area (Å²) in [5.74, 6) is 0.773. The van der Waals surface area contributed by atoms with Gasteiger partial charge in [0.25, 0.3) is 0 Å². The minimum atomic E-state index is -0.891. The summed E-state index contributed by atoms with van der Waals surface area (Å²) in [6.45, 7) is 5.70. The number of hydrogen-bond donors (Lipinski definition) is 1. The van der Waals surface area contributed by atoms with Crippen molar-refractivity contribution in [2.75, 3.05) is 32.8 Å². The quantitative estimate of drug-likeness (QED) is 0.842. The van der Waals surface area contributed by atoms with Gasteiger partial charge in [-0.15, -0.1) is 0 Å². The third-order valence-electron chi connectivity index (χ3n) is 5.95. The Bertz CT molecular complexity index is 789. The summed E-state index contributed by atoms with van der Waals surface area (Å²) in [7, 11) is 0. The normalized spacial score (nSPS) is 19.6. The number of aromatic carboxylic acids is 1. The summed E-state index contributed by atoms with van der Waals surface area (Å²) < 4.78 is 7.79. The lowest BCUT2D eigenvalue weighted by atomic mass is 9.88. The molecule has 0 atom stereocenters. The molecule has 1 N–H and O–H groups in total. The maximum Gasteiger partial charge on any atom is 0.335 e. The van der Waals surface area contributed by atoms with Crippen molar-refractivity contribution in [2.24, 2.45) is 0 Å². The van der Waals surface area contributed by atoms with Crippen LogP contribution in [-0.4, -0.2) is 58.4 Å². The standard InChI is InChI=1S/C21H29N3O3/c25-21(26)17-7-8-19-18(15-17)22-20(16-5-2-1-3-6-16)24(19)10-4-9-23-11-13-27-14-12-23/h7-8,15-16H,1-6,9-14H2,(H,25,26). The fraction of sp³-hybridized carbons (Fsp3) is 0.619. The fourth-order valence-corrected chi connectivity index (χ4v) is 4.47. The van der Waals surface area contributed by atoms with Crippen molar-refractivity contribution in [2.45, 2.75) is 51.0 Å². The smallest absolute Gasteiger partial charge is 0.335 e. The lowest BCUT2D eigenvalue weighted by molar-refractivity contribution is 0.0369. The highest BCUT2D eigenvalue weighted by Crippen LogP contribution is 2.34. The molecular formula is C21H29N3O3. The number of carbonyl (C=O) groups is 1. The zero-order valence-corrected chi connectivity index (χ0v) is 15.9. The number of morpholine rings is 1. The van der Waals surface area contributed by atoms with E-state index < -0.39 is 5.97 Å². The zero-order chi connectivity index (χ0) is 18.6. The van der Waals surface area contributed by atoms with E-state index in [4.69, 9.17) is 9.72 Å². The van der Waals surface area contributed by atoms with Crippen LogP contribution in [0.2, 0.25) is 0 Å². The van der Waals surface area contributed by atoms with Crippen molar-refractivity contribution in [1.82, 2.24) is 14.5 Å². The Morgan fingerprint density at radius 3 is 2.67 bits per heavy atom. The minimum Gasteiger partial charge on any atom is -0.478 e. The molecular weight excluding hydrogens is 342 g/mol. The van der Waals surface area contributed by atoms with E-state index in [1.807, 2.05) is 6.07 Å². The van der Waals surface area contributed by atoms with E-state index in [1.54, 1.807) is 12.1 Å². The minimum absolute atomic E-state index is 0.315. The van der Waals surface area contributed by atoms with E-state index in [-0.39, 0.29) is 0 Å². The first-order chi connectivity index (χ1) is 13.2. The topological polar surface area (TPSA) is 67.6 Å². The van der Waals surface area contributed by atoms with Gasteiger partial charge in [-0.25, -0.2) is 9.78 Å². The molecule has 1 aliphatic heterocycles. The monoisotopic (exact) mass is 371 g/mol. The number of ether oxygens (including phenoxy) is 1. The van der Waals surface area contributed by atoms with Crippen LogP contribution in [0.3, 0.4) is 0 Å². The Kier molecular flexibility index (Phi) is 5.74. The third-order valence-corrected chi connectivity index (χ3v) is 5.95. The van der Waals surface area contributed by atoms with Crippen LogP contribution in [0.1, 0.15) is 60.6 Å². The van der Waals surface area contributed by atoms with Crippen LogP contribution in [0.4, 0.5) is 0 Å². The number of aryl methyl sites for hydroxylation is 1. The van der Waals surface area contributed by atoms with Gasteiger partial charge < -0.3 is 14.4 Å². The molecule has 27 heavy (non-hydrogen) atoms. The summed E-state index contributed by atoms with van der Waals surface area (Å²) >= 11 is 0. The second-order valence-corrected chi connectivity index (χ2v) is 7.77. The Labute approximate surface area is 160 Å². The predicted octanol–water partition coefficient (Wildman–Crippen LogP) is 3.50. The summed E-state index contributed by atoms with van der Waals surface area (Å²) in [5.41, 5.74) is 2.21. The van der Waals surface area contributed by atoms with Crippen molar-refractivity contribution < 1.29 is 14.6 Å². The molecule has 0 radical (unpaired) electrons. The Morgan fingerprint density at radius 2 is 1.93 bits per heavy atom. The summed E-state index contributed by atoms with van der Waals surface area (Å²) in [6, 6.07) is 5.37. The average Bonchev–Trinajstić information content (AvgIpc) is 3.07. The third kappa shape index (κ3) is 4.17. The Hall–Kier alpha value is -1.92. The molecule has 0 spiro atoms. The number of hydrogen-bond acceptors (Lipinski definition) is 4. The molecule has 2 fully saturated rings. The lowest BCUT2D eigenvalue weighted by Gasteiger charge is -2.27. The highest BCUT2D eigenvalue weighted by Gasteiger charge is 2.23. The molecule has 1 aliphatic carbocycles. The first kappa shape index (κ1) is 18.4. The van der Waals surface area contributed by atoms with Gasteiger partial charge in [0.15, 0.2) is 0 Å². The molecule has 1 saturated carbocycles. The van der Waals surface area contributed by atoms with Gasteiger partial charge >= 0.3 is 5.97 Å². The summed E-state index contributed by atoms with van der Waals surface area (Å²) in [4.78, 5) is 18.7. The molecule has 1 aromatic carbocycles. The van der Waals surface area contributed by atoms with E-state index >= 15 is 0 Å². The van der Waals surface area contributed by atoms with Crippen molar-refractivity contribution in [3.63, 3.8) is 0 Å². The Morgan fingerprint density at radius 1 is 1.15 bits per heavy atom. The van der Waals surface area contributed by atoms with Gasteiger partial charge in [0.05, 0.1) is 29.8 Å². The Balaban J connectivity index is 1.57. The molecule has 146 valence electrons. The largest absolute Gasteiger partial charge is 0.478 e. The van der Waals surface area contributed by atoms with E-state index in [1.165, 1.54) is 32.1 Å². The van der Waals surface area contributed by atoms with Crippen molar-refractivity contribution in [3.8, 4) is 0 Å². The van der Waals surface area contributed by atoms with Crippen molar-refractivity contribution in [1.29, 1.82) is 0 Å². The highest BCUT2D eigenvalue weighted by molar-refractivity contribution is 5.92. The maximum absolute atomic E-state index is 11.3.